The van der Waals surface area contributed by atoms with Crippen molar-refractivity contribution in [2.24, 2.45) is 5.73 Å². The highest BCUT2D eigenvalue weighted by Crippen LogP contribution is 2.23. The minimum Gasteiger partial charge on any atom is -0.508 e. The SMILES string of the molecule is CCc1ccc([C@@H](N)C#N)c(O)c1. The zero-order valence-corrected chi connectivity index (χ0v) is 7.49. The van der Waals surface area contributed by atoms with Crippen molar-refractivity contribution in [2.75, 3.05) is 0 Å². The molecule has 3 N–H and O–H groups in total. The first-order valence-electron chi connectivity index (χ1n) is 4.16. The summed E-state index contributed by atoms with van der Waals surface area (Å²) < 4.78 is 0. The topological polar surface area (TPSA) is 70.0 Å². The van der Waals surface area contributed by atoms with Crippen molar-refractivity contribution in [1.82, 2.24) is 0 Å². The Balaban J connectivity index is 3.06. The standard InChI is InChI=1S/C10H12N2O/c1-2-7-3-4-8(9(12)6-11)10(13)5-7/h3-5,9,13H,2,12H2,1H3/t9-/m0/s1. The highest BCUT2D eigenvalue weighted by molar-refractivity contribution is 5.40. The molecule has 3 heteroatoms. The molecule has 0 fully saturated rings. The predicted molar refractivity (Wildman–Crippen MR) is 50.0 cm³/mol. The first-order chi connectivity index (χ1) is 6.19. The number of rotatable bonds is 2. The average molecular weight is 176 g/mol. The van der Waals surface area contributed by atoms with E-state index in [9.17, 15) is 5.11 Å². The molecule has 0 saturated heterocycles. The van der Waals surface area contributed by atoms with Crippen LogP contribution in [0.5, 0.6) is 5.75 Å². The summed E-state index contributed by atoms with van der Waals surface area (Å²) in [6, 6.07) is 6.34. The molecule has 0 aromatic heterocycles. The summed E-state index contributed by atoms with van der Waals surface area (Å²) in [4.78, 5) is 0. The number of phenolic OH excluding ortho intramolecular Hbond substituents is 1. The van der Waals surface area contributed by atoms with E-state index < -0.39 is 6.04 Å². The van der Waals surface area contributed by atoms with Crippen molar-refractivity contribution < 1.29 is 5.11 Å². The van der Waals surface area contributed by atoms with E-state index in [-0.39, 0.29) is 5.75 Å². The summed E-state index contributed by atoms with van der Waals surface area (Å²) in [5, 5.41) is 18.0. The second-order valence-electron chi connectivity index (χ2n) is 2.85. The molecule has 0 amide bonds. The molecule has 0 bridgehead atoms. The van der Waals surface area contributed by atoms with Gasteiger partial charge in [-0.2, -0.15) is 5.26 Å². The minimum atomic E-state index is -0.745. The van der Waals surface area contributed by atoms with Crippen LogP contribution in [0, 0.1) is 11.3 Å². The molecule has 1 aromatic rings. The van der Waals surface area contributed by atoms with Gasteiger partial charge in [0.05, 0.1) is 6.07 Å². The van der Waals surface area contributed by atoms with Gasteiger partial charge in [0.15, 0.2) is 0 Å². The van der Waals surface area contributed by atoms with Crippen LogP contribution in [0.3, 0.4) is 0 Å². The molecule has 0 unspecified atom stereocenters. The fourth-order valence-electron chi connectivity index (χ4n) is 1.14. The van der Waals surface area contributed by atoms with Crippen LogP contribution < -0.4 is 5.73 Å². The van der Waals surface area contributed by atoms with Gasteiger partial charge in [-0.3, -0.25) is 0 Å². The van der Waals surface area contributed by atoms with Crippen LogP contribution in [-0.2, 0) is 6.42 Å². The van der Waals surface area contributed by atoms with Gasteiger partial charge in [0.1, 0.15) is 11.8 Å². The molecule has 0 saturated carbocycles. The zero-order chi connectivity index (χ0) is 9.84. The second-order valence-corrected chi connectivity index (χ2v) is 2.85. The molecule has 1 rings (SSSR count). The highest BCUT2D eigenvalue weighted by Gasteiger charge is 2.09. The van der Waals surface area contributed by atoms with Crippen molar-refractivity contribution in [1.29, 1.82) is 5.26 Å². The maximum atomic E-state index is 9.49. The maximum Gasteiger partial charge on any atom is 0.122 e. The summed E-state index contributed by atoms with van der Waals surface area (Å²) in [7, 11) is 0. The Morgan fingerprint density at radius 1 is 1.62 bits per heavy atom. The van der Waals surface area contributed by atoms with E-state index in [1.54, 1.807) is 12.1 Å². The Morgan fingerprint density at radius 2 is 2.31 bits per heavy atom. The first-order valence-corrected chi connectivity index (χ1v) is 4.16. The third kappa shape index (κ3) is 1.98. The Morgan fingerprint density at radius 3 is 2.77 bits per heavy atom. The number of aryl methyl sites for hydroxylation is 1. The lowest BCUT2D eigenvalue weighted by molar-refractivity contribution is 0.465. The summed E-state index contributed by atoms with van der Waals surface area (Å²) in [5.74, 6) is 0.105. The van der Waals surface area contributed by atoms with Crippen LogP contribution in [0.2, 0.25) is 0 Å². The largest absolute Gasteiger partial charge is 0.508 e. The molecule has 0 spiro atoms. The molecule has 13 heavy (non-hydrogen) atoms. The Bertz CT molecular complexity index is 341. The number of nitriles is 1. The van der Waals surface area contributed by atoms with Gasteiger partial charge in [0.2, 0.25) is 0 Å². The summed E-state index contributed by atoms with van der Waals surface area (Å²) >= 11 is 0. The van der Waals surface area contributed by atoms with Crippen molar-refractivity contribution >= 4 is 0 Å². The van der Waals surface area contributed by atoms with Gasteiger partial charge >= 0.3 is 0 Å². The molecular formula is C10H12N2O. The third-order valence-corrected chi connectivity index (χ3v) is 1.98. The number of hydrogen-bond acceptors (Lipinski definition) is 3. The van der Waals surface area contributed by atoms with E-state index in [0.717, 1.165) is 12.0 Å². The van der Waals surface area contributed by atoms with Crippen LogP contribution in [-0.4, -0.2) is 5.11 Å². The second kappa shape index (κ2) is 3.92. The van der Waals surface area contributed by atoms with E-state index in [0.29, 0.717) is 5.56 Å². The summed E-state index contributed by atoms with van der Waals surface area (Å²) in [5.41, 5.74) is 6.99. The van der Waals surface area contributed by atoms with Crippen molar-refractivity contribution in [3.8, 4) is 11.8 Å². The fraction of sp³-hybridized carbons (Fsp3) is 0.300. The van der Waals surface area contributed by atoms with Crippen molar-refractivity contribution in [3.05, 3.63) is 29.3 Å². The van der Waals surface area contributed by atoms with E-state index in [2.05, 4.69) is 0 Å². The van der Waals surface area contributed by atoms with Crippen molar-refractivity contribution in [2.45, 2.75) is 19.4 Å². The van der Waals surface area contributed by atoms with Crippen LogP contribution in [0.4, 0.5) is 0 Å². The fourth-order valence-corrected chi connectivity index (χ4v) is 1.14. The lowest BCUT2D eigenvalue weighted by Gasteiger charge is -2.07. The molecule has 0 aliphatic rings. The number of nitrogens with zero attached hydrogens (tertiary/aromatic N) is 1. The van der Waals surface area contributed by atoms with E-state index in [1.807, 2.05) is 19.1 Å². The smallest absolute Gasteiger partial charge is 0.122 e. The van der Waals surface area contributed by atoms with E-state index >= 15 is 0 Å². The molecule has 0 aliphatic carbocycles. The molecule has 3 nitrogen and oxygen atoms in total. The normalized spacial score (nSPS) is 12.1. The van der Waals surface area contributed by atoms with Crippen LogP contribution >= 0.6 is 0 Å². The number of benzene rings is 1. The van der Waals surface area contributed by atoms with Gasteiger partial charge in [-0.1, -0.05) is 19.1 Å². The van der Waals surface area contributed by atoms with E-state index in [4.69, 9.17) is 11.0 Å². The van der Waals surface area contributed by atoms with Gasteiger partial charge in [-0.25, -0.2) is 0 Å². The van der Waals surface area contributed by atoms with Crippen LogP contribution in [0.15, 0.2) is 18.2 Å². The van der Waals surface area contributed by atoms with Gasteiger partial charge in [0, 0.05) is 5.56 Å². The number of nitrogens with two attached hydrogens (primary N) is 1. The molecular weight excluding hydrogens is 164 g/mol. The number of phenols is 1. The number of hydrogen-bond donors (Lipinski definition) is 2. The van der Waals surface area contributed by atoms with Crippen LogP contribution in [0.1, 0.15) is 24.1 Å². The first kappa shape index (κ1) is 9.56. The zero-order valence-electron chi connectivity index (χ0n) is 7.49. The van der Waals surface area contributed by atoms with Gasteiger partial charge in [-0.05, 0) is 18.1 Å². The van der Waals surface area contributed by atoms with Crippen LogP contribution in [0.25, 0.3) is 0 Å². The molecule has 0 aliphatic heterocycles. The Kier molecular flexibility index (Phi) is 2.88. The molecule has 1 atom stereocenters. The van der Waals surface area contributed by atoms with Gasteiger partial charge in [0.25, 0.3) is 0 Å². The predicted octanol–water partition coefficient (Wildman–Crippen LogP) is 1.48. The van der Waals surface area contributed by atoms with Crippen molar-refractivity contribution in [3.63, 3.8) is 0 Å². The summed E-state index contributed by atoms with van der Waals surface area (Å²) in [6.45, 7) is 2.00. The highest BCUT2D eigenvalue weighted by atomic mass is 16.3. The summed E-state index contributed by atoms with van der Waals surface area (Å²) in [6.07, 6.45) is 0.857. The average Bonchev–Trinajstić information content (AvgIpc) is 2.16. The Hall–Kier alpha value is -1.53. The van der Waals surface area contributed by atoms with Gasteiger partial charge in [-0.15, -0.1) is 0 Å². The minimum absolute atomic E-state index is 0.105. The molecule has 0 radical (unpaired) electrons. The Labute approximate surface area is 77.4 Å². The quantitative estimate of drug-likeness (QED) is 0.717. The van der Waals surface area contributed by atoms with Gasteiger partial charge < -0.3 is 10.8 Å². The molecule has 1 aromatic carbocycles. The molecule has 68 valence electrons. The maximum absolute atomic E-state index is 9.49. The number of aromatic hydroxyl groups is 1. The molecule has 0 heterocycles. The van der Waals surface area contributed by atoms with E-state index in [1.165, 1.54) is 0 Å². The monoisotopic (exact) mass is 176 g/mol. The lowest BCUT2D eigenvalue weighted by atomic mass is 10.0. The lowest BCUT2D eigenvalue weighted by Crippen LogP contribution is -2.07. The third-order valence-electron chi connectivity index (χ3n) is 1.98.